The molecule has 5 nitrogen and oxygen atoms in total. The molecule has 0 radical (unpaired) electrons. The van der Waals surface area contributed by atoms with Crippen LogP contribution in [0.1, 0.15) is 6.92 Å². The van der Waals surface area contributed by atoms with Crippen LogP contribution >= 0.6 is 11.6 Å². The number of anilines is 2. The molecule has 0 saturated carbocycles. The fourth-order valence-electron chi connectivity index (χ4n) is 2.61. The molecule has 1 aromatic rings. The molecule has 2 heterocycles. The molecular weight excluding hydrogens is 250 g/mol. The summed E-state index contributed by atoms with van der Waals surface area (Å²) in [5.41, 5.74) is 0.811. The van der Waals surface area contributed by atoms with E-state index in [1.165, 1.54) is 6.33 Å². The predicted molar refractivity (Wildman–Crippen MR) is 75.4 cm³/mol. The monoisotopic (exact) mass is 269 g/mol. The molecule has 2 atom stereocenters. The number of nitrogens with zero attached hydrogens (tertiary/aromatic N) is 4. The van der Waals surface area contributed by atoms with Crippen LogP contribution in [-0.4, -0.2) is 55.1 Å². The van der Waals surface area contributed by atoms with Gasteiger partial charge in [-0.15, -0.1) is 0 Å². The van der Waals surface area contributed by atoms with E-state index in [4.69, 9.17) is 11.6 Å². The number of halogens is 1. The van der Waals surface area contributed by atoms with Gasteiger partial charge >= 0.3 is 0 Å². The molecule has 1 saturated heterocycles. The average Bonchev–Trinajstić information content (AvgIpc) is 2.71. The van der Waals surface area contributed by atoms with Gasteiger partial charge in [0.15, 0.2) is 11.0 Å². The molecule has 1 aliphatic heterocycles. The lowest BCUT2D eigenvalue weighted by Crippen LogP contribution is -2.34. The van der Waals surface area contributed by atoms with Gasteiger partial charge < -0.3 is 15.1 Å². The van der Waals surface area contributed by atoms with Crippen LogP contribution in [0.15, 0.2) is 6.33 Å². The van der Waals surface area contributed by atoms with E-state index >= 15 is 0 Å². The number of nitrogens with one attached hydrogen (secondary N) is 1. The summed E-state index contributed by atoms with van der Waals surface area (Å²) in [5.74, 6) is 1.51. The number of likely N-dealkylation sites (N-methyl/N-ethyl adjacent to an activating group) is 1. The molecule has 18 heavy (non-hydrogen) atoms. The first-order valence-electron chi connectivity index (χ1n) is 6.14. The second-order valence-electron chi connectivity index (χ2n) is 5.03. The normalized spacial score (nSPS) is 23.8. The molecule has 6 heteroatoms. The second-order valence-corrected chi connectivity index (χ2v) is 5.38. The Labute approximate surface area is 113 Å². The number of rotatable bonds is 3. The Morgan fingerprint density at radius 1 is 1.39 bits per heavy atom. The summed E-state index contributed by atoms with van der Waals surface area (Å²) < 4.78 is 0. The standard InChI is InChI=1S/C12H20ClN5/c1-8-5-18(6-9(8)17(3)4)12-10(14-2)11(13)15-7-16-12/h7-9,14H,5-6H2,1-4H3. The van der Waals surface area contributed by atoms with Crippen molar-refractivity contribution in [3.8, 4) is 0 Å². The molecule has 1 fully saturated rings. The van der Waals surface area contributed by atoms with Crippen LogP contribution in [0.5, 0.6) is 0 Å². The lowest BCUT2D eigenvalue weighted by atomic mass is 10.1. The minimum atomic E-state index is 0.475. The highest BCUT2D eigenvalue weighted by Crippen LogP contribution is 2.32. The summed E-state index contributed by atoms with van der Waals surface area (Å²) in [6.45, 7) is 4.23. The van der Waals surface area contributed by atoms with Gasteiger partial charge in [-0.05, 0) is 20.0 Å². The lowest BCUT2D eigenvalue weighted by Gasteiger charge is -2.23. The van der Waals surface area contributed by atoms with E-state index in [2.05, 4.69) is 46.1 Å². The summed E-state index contributed by atoms with van der Waals surface area (Å²) in [6.07, 6.45) is 1.52. The molecule has 1 aromatic heterocycles. The van der Waals surface area contributed by atoms with Crippen LogP contribution in [0.25, 0.3) is 0 Å². The van der Waals surface area contributed by atoms with Crippen LogP contribution in [0.4, 0.5) is 11.5 Å². The smallest absolute Gasteiger partial charge is 0.157 e. The van der Waals surface area contributed by atoms with Crippen molar-refractivity contribution >= 4 is 23.1 Å². The third kappa shape index (κ3) is 2.37. The van der Waals surface area contributed by atoms with Crippen LogP contribution in [0.3, 0.4) is 0 Å². The highest BCUT2D eigenvalue weighted by Gasteiger charge is 2.33. The predicted octanol–water partition coefficient (Wildman–Crippen LogP) is 1.56. The van der Waals surface area contributed by atoms with E-state index in [1.807, 2.05) is 7.05 Å². The summed E-state index contributed by atoms with van der Waals surface area (Å²) in [7, 11) is 6.09. The van der Waals surface area contributed by atoms with E-state index in [0.717, 1.165) is 24.6 Å². The van der Waals surface area contributed by atoms with Crippen LogP contribution in [-0.2, 0) is 0 Å². The Hall–Kier alpha value is -1.07. The molecule has 0 aliphatic carbocycles. The van der Waals surface area contributed by atoms with Crippen molar-refractivity contribution in [3.05, 3.63) is 11.5 Å². The zero-order valence-electron chi connectivity index (χ0n) is 11.3. The van der Waals surface area contributed by atoms with Gasteiger partial charge in [0.05, 0.1) is 0 Å². The van der Waals surface area contributed by atoms with Gasteiger partial charge in [0, 0.05) is 26.2 Å². The highest BCUT2D eigenvalue weighted by molar-refractivity contribution is 6.32. The van der Waals surface area contributed by atoms with Crippen molar-refractivity contribution in [2.75, 3.05) is 44.4 Å². The number of hydrogen-bond acceptors (Lipinski definition) is 5. The zero-order valence-corrected chi connectivity index (χ0v) is 12.1. The lowest BCUT2D eigenvalue weighted by molar-refractivity contribution is 0.266. The van der Waals surface area contributed by atoms with E-state index in [-0.39, 0.29) is 0 Å². The largest absolute Gasteiger partial charge is 0.383 e. The minimum Gasteiger partial charge on any atom is -0.383 e. The molecule has 1 N–H and O–H groups in total. The van der Waals surface area contributed by atoms with Crippen molar-refractivity contribution in [2.24, 2.45) is 5.92 Å². The second kappa shape index (κ2) is 5.28. The van der Waals surface area contributed by atoms with E-state index in [1.54, 1.807) is 0 Å². The average molecular weight is 270 g/mol. The first-order valence-corrected chi connectivity index (χ1v) is 6.52. The van der Waals surface area contributed by atoms with E-state index in [0.29, 0.717) is 17.1 Å². The topological polar surface area (TPSA) is 44.3 Å². The molecule has 0 aromatic carbocycles. The van der Waals surface area contributed by atoms with Crippen molar-refractivity contribution in [2.45, 2.75) is 13.0 Å². The Kier molecular flexibility index (Phi) is 3.92. The Balaban J connectivity index is 2.26. The van der Waals surface area contributed by atoms with Crippen molar-refractivity contribution < 1.29 is 0 Å². The summed E-state index contributed by atoms with van der Waals surface area (Å²) in [4.78, 5) is 12.9. The van der Waals surface area contributed by atoms with Gasteiger partial charge in [0.2, 0.25) is 0 Å². The Bertz CT molecular complexity index is 423. The molecule has 1 aliphatic rings. The minimum absolute atomic E-state index is 0.475. The third-order valence-electron chi connectivity index (χ3n) is 3.57. The molecule has 0 spiro atoms. The molecular formula is C12H20ClN5. The van der Waals surface area contributed by atoms with Gasteiger partial charge in [-0.3, -0.25) is 0 Å². The third-order valence-corrected chi connectivity index (χ3v) is 3.85. The fraction of sp³-hybridized carbons (Fsp3) is 0.667. The van der Waals surface area contributed by atoms with Crippen LogP contribution in [0.2, 0.25) is 5.15 Å². The maximum Gasteiger partial charge on any atom is 0.157 e. The SMILES string of the molecule is CNc1c(Cl)ncnc1N1CC(C)C(N(C)C)C1. The van der Waals surface area contributed by atoms with Crippen LogP contribution < -0.4 is 10.2 Å². The van der Waals surface area contributed by atoms with Gasteiger partial charge in [0.1, 0.15) is 12.0 Å². The zero-order chi connectivity index (χ0) is 13.3. The maximum absolute atomic E-state index is 6.09. The number of hydrogen-bond donors (Lipinski definition) is 1. The summed E-state index contributed by atoms with van der Waals surface area (Å²) in [5, 5.41) is 3.56. The number of aromatic nitrogens is 2. The quantitative estimate of drug-likeness (QED) is 0.844. The van der Waals surface area contributed by atoms with E-state index in [9.17, 15) is 0 Å². The first kappa shape index (κ1) is 13.4. The summed E-state index contributed by atoms with van der Waals surface area (Å²) >= 11 is 6.09. The molecule has 100 valence electrons. The van der Waals surface area contributed by atoms with Crippen molar-refractivity contribution in [1.29, 1.82) is 0 Å². The Morgan fingerprint density at radius 3 is 2.67 bits per heavy atom. The van der Waals surface area contributed by atoms with Gasteiger partial charge in [-0.2, -0.15) is 0 Å². The van der Waals surface area contributed by atoms with Crippen LogP contribution in [0, 0.1) is 5.92 Å². The van der Waals surface area contributed by atoms with E-state index < -0.39 is 0 Å². The first-order chi connectivity index (χ1) is 8.54. The molecule has 2 rings (SSSR count). The molecule has 2 unspecified atom stereocenters. The van der Waals surface area contributed by atoms with Crippen molar-refractivity contribution in [3.63, 3.8) is 0 Å². The Morgan fingerprint density at radius 2 is 2.11 bits per heavy atom. The fourth-order valence-corrected chi connectivity index (χ4v) is 2.83. The highest BCUT2D eigenvalue weighted by atomic mass is 35.5. The van der Waals surface area contributed by atoms with Crippen molar-refractivity contribution in [1.82, 2.24) is 14.9 Å². The van der Waals surface area contributed by atoms with Gasteiger partial charge in [-0.1, -0.05) is 18.5 Å². The summed E-state index contributed by atoms with van der Waals surface area (Å²) in [6, 6.07) is 0.545. The van der Waals surface area contributed by atoms with Gasteiger partial charge in [0.25, 0.3) is 0 Å². The maximum atomic E-state index is 6.09. The van der Waals surface area contributed by atoms with Gasteiger partial charge in [-0.25, -0.2) is 9.97 Å². The molecule has 0 amide bonds. The molecule has 0 bridgehead atoms.